The molecule has 6 nitrogen and oxygen atoms in total. The van der Waals surface area contributed by atoms with Crippen LogP contribution in [0.3, 0.4) is 0 Å². The van der Waals surface area contributed by atoms with Gasteiger partial charge >= 0.3 is 5.97 Å². The van der Waals surface area contributed by atoms with E-state index in [2.05, 4.69) is 20.7 Å². The summed E-state index contributed by atoms with van der Waals surface area (Å²) >= 11 is 9.85. The molecule has 1 fully saturated rings. The van der Waals surface area contributed by atoms with Crippen molar-refractivity contribution in [3.8, 4) is 0 Å². The average Bonchev–Trinajstić information content (AvgIpc) is 3.02. The smallest absolute Gasteiger partial charge is 0.305 e. The summed E-state index contributed by atoms with van der Waals surface area (Å²) in [6.45, 7) is 0.311. The Morgan fingerprint density at radius 3 is 2.73 bits per heavy atom. The lowest BCUT2D eigenvalue weighted by molar-refractivity contribution is -0.141. The minimum absolute atomic E-state index is 0.205. The third-order valence-corrected chi connectivity index (χ3v) is 6.12. The van der Waals surface area contributed by atoms with Crippen molar-refractivity contribution in [2.75, 3.05) is 25.6 Å². The molecule has 1 aromatic rings. The molecule has 0 saturated carbocycles. The number of carbonyl (C=O) groups excluding carboxylic acids is 3. The molecule has 0 unspecified atom stereocenters. The highest BCUT2D eigenvalue weighted by molar-refractivity contribution is 9.10. The molecule has 9 heteroatoms. The Balaban J connectivity index is 1.91. The number of anilines is 1. The maximum Gasteiger partial charge on any atom is 0.305 e. The molecule has 26 heavy (non-hydrogen) atoms. The number of halogens is 1. The second-order valence-corrected chi connectivity index (χ2v) is 8.29. The highest BCUT2D eigenvalue weighted by Crippen LogP contribution is 2.44. The number of rotatable bonds is 4. The minimum Gasteiger partial charge on any atom is -0.469 e. The number of methoxy groups -OCH3 is 1. The SMILES string of the molecule is COC(=O)CCCN1C(=O)/C(=C2/C(=O)N(C)c3ccc(Br)cc32)SC1=S. The van der Waals surface area contributed by atoms with Crippen LogP contribution in [-0.2, 0) is 19.1 Å². The van der Waals surface area contributed by atoms with E-state index in [1.54, 1.807) is 7.05 Å². The molecule has 0 radical (unpaired) electrons. The molecule has 1 aromatic carbocycles. The highest BCUT2D eigenvalue weighted by atomic mass is 79.9. The van der Waals surface area contributed by atoms with Crippen LogP contribution in [0.25, 0.3) is 5.57 Å². The predicted molar refractivity (Wildman–Crippen MR) is 108 cm³/mol. The normalized spacial score (nSPS) is 19.4. The average molecular weight is 455 g/mol. The third-order valence-electron chi connectivity index (χ3n) is 4.17. The number of benzene rings is 1. The quantitative estimate of drug-likeness (QED) is 0.395. The number of fused-ring (bicyclic) bond motifs is 1. The van der Waals surface area contributed by atoms with Gasteiger partial charge in [-0.2, -0.15) is 0 Å². The Hall–Kier alpha value is -1.71. The molecule has 0 atom stereocenters. The van der Waals surface area contributed by atoms with Gasteiger partial charge in [0.15, 0.2) is 0 Å². The fourth-order valence-electron chi connectivity index (χ4n) is 2.84. The number of hydrogen-bond acceptors (Lipinski definition) is 6. The van der Waals surface area contributed by atoms with Gasteiger partial charge in [0.2, 0.25) is 0 Å². The molecule has 2 heterocycles. The first-order valence-electron chi connectivity index (χ1n) is 7.78. The number of amides is 2. The van der Waals surface area contributed by atoms with Gasteiger partial charge in [-0.1, -0.05) is 39.9 Å². The number of likely N-dealkylation sites (N-methyl/N-ethyl adjacent to an activating group) is 1. The third kappa shape index (κ3) is 3.30. The van der Waals surface area contributed by atoms with Crippen LogP contribution in [0, 0.1) is 0 Å². The number of thiocarbonyl (C=S) groups is 1. The molecule has 0 bridgehead atoms. The predicted octanol–water partition coefficient (Wildman–Crippen LogP) is 2.95. The molecule has 2 aliphatic rings. The zero-order valence-corrected chi connectivity index (χ0v) is 17.3. The lowest BCUT2D eigenvalue weighted by atomic mass is 10.1. The van der Waals surface area contributed by atoms with E-state index in [9.17, 15) is 14.4 Å². The summed E-state index contributed by atoms with van der Waals surface area (Å²) in [5.41, 5.74) is 1.84. The number of hydrogen-bond donors (Lipinski definition) is 0. The number of nitrogens with zero attached hydrogens (tertiary/aromatic N) is 2. The largest absolute Gasteiger partial charge is 0.469 e. The molecule has 1 saturated heterocycles. The maximum atomic E-state index is 12.9. The van der Waals surface area contributed by atoms with Gasteiger partial charge in [0.05, 0.1) is 23.3 Å². The van der Waals surface area contributed by atoms with Crippen LogP contribution >= 0.6 is 39.9 Å². The monoisotopic (exact) mass is 454 g/mol. The van der Waals surface area contributed by atoms with Crippen LogP contribution in [0.4, 0.5) is 5.69 Å². The van der Waals surface area contributed by atoms with Gasteiger partial charge in [-0.15, -0.1) is 0 Å². The molecule has 0 aromatic heterocycles. The van der Waals surface area contributed by atoms with E-state index in [0.717, 1.165) is 21.9 Å². The molecule has 2 aliphatic heterocycles. The summed E-state index contributed by atoms with van der Waals surface area (Å²) in [6, 6.07) is 5.51. The van der Waals surface area contributed by atoms with Crippen molar-refractivity contribution in [1.29, 1.82) is 0 Å². The Morgan fingerprint density at radius 1 is 1.31 bits per heavy atom. The second kappa shape index (κ2) is 7.50. The minimum atomic E-state index is -0.333. The van der Waals surface area contributed by atoms with Gasteiger partial charge in [-0.05, 0) is 24.6 Å². The van der Waals surface area contributed by atoms with E-state index < -0.39 is 0 Å². The maximum absolute atomic E-state index is 12.9. The van der Waals surface area contributed by atoms with Gasteiger partial charge in [0, 0.05) is 30.0 Å². The topological polar surface area (TPSA) is 66.9 Å². The standard InChI is InChI=1S/C17H15BrN2O4S2/c1-19-11-6-5-9(18)8-10(11)13(15(19)22)14-16(23)20(17(25)26-14)7-3-4-12(21)24-2/h5-6,8H,3-4,7H2,1-2H3/b14-13-. The molecular weight excluding hydrogens is 440 g/mol. The van der Waals surface area contributed by atoms with E-state index in [-0.39, 0.29) is 24.2 Å². The van der Waals surface area contributed by atoms with E-state index in [1.807, 2.05) is 18.2 Å². The first kappa shape index (κ1) is 19.1. The van der Waals surface area contributed by atoms with Crippen LogP contribution < -0.4 is 4.90 Å². The fourth-order valence-corrected chi connectivity index (χ4v) is 4.58. The Bertz CT molecular complexity index is 868. The molecule has 2 amide bonds. The van der Waals surface area contributed by atoms with Crippen LogP contribution in [0.1, 0.15) is 18.4 Å². The van der Waals surface area contributed by atoms with Crippen molar-refractivity contribution in [1.82, 2.24) is 4.90 Å². The molecule has 0 aliphatic carbocycles. The lowest BCUT2D eigenvalue weighted by Crippen LogP contribution is -2.30. The molecule has 0 spiro atoms. The summed E-state index contributed by atoms with van der Waals surface area (Å²) in [5.74, 6) is -0.859. The fraction of sp³-hybridized carbons (Fsp3) is 0.294. The van der Waals surface area contributed by atoms with Crippen LogP contribution in [0.5, 0.6) is 0 Å². The molecule has 136 valence electrons. The van der Waals surface area contributed by atoms with Gasteiger partial charge < -0.3 is 9.64 Å². The first-order valence-corrected chi connectivity index (χ1v) is 9.79. The van der Waals surface area contributed by atoms with Gasteiger partial charge in [-0.25, -0.2) is 0 Å². The Labute approximate surface area is 168 Å². The van der Waals surface area contributed by atoms with E-state index >= 15 is 0 Å². The summed E-state index contributed by atoms with van der Waals surface area (Å²) in [5, 5.41) is 0. The molecule has 3 rings (SSSR count). The van der Waals surface area contributed by atoms with Crippen molar-refractivity contribution in [2.45, 2.75) is 12.8 Å². The number of esters is 1. The van der Waals surface area contributed by atoms with E-state index in [4.69, 9.17) is 12.2 Å². The van der Waals surface area contributed by atoms with Gasteiger partial charge in [-0.3, -0.25) is 19.3 Å². The van der Waals surface area contributed by atoms with Crippen LogP contribution in [0.2, 0.25) is 0 Å². The summed E-state index contributed by atoms with van der Waals surface area (Å²) in [4.78, 5) is 40.1. The zero-order valence-electron chi connectivity index (χ0n) is 14.1. The van der Waals surface area contributed by atoms with Crippen molar-refractivity contribution in [3.63, 3.8) is 0 Å². The number of ether oxygens (including phenoxy) is 1. The second-order valence-electron chi connectivity index (χ2n) is 5.73. The lowest BCUT2D eigenvalue weighted by Gasteiger charge is -2.13. The number of carbonyl (C=O) groups is 3. The number of thioether (sulfide) groups is 1. The van der Waals surface area contributed by atoms with Crippen LogP contribution in [0.15, 0.2) is 27.6 Å². The van der Waals surface area contributed by atoms with E-state index in [0.29, 0.717) is 33.3 Å². The summed E-state index contributed by atoms with van der Waals surface area (Å²) < 4.78 is 5.82. The first-order chi connectivity index (χ1) is 12.3. The zero-order chi connectivity index (χ0) is 19.0. The van der Waals surface area contributed by atoms with Crippen LogP contribution in [-0.4, -0.2) is 47.7 Å². The van der Waals surface area contributed by atoms with Crippen molar-refractivity contribution >= 4 is 73.3 Å². The van der Waals surface area contributed by atoms with E-state index in [1.165, 1.54) is 16.9 Å². The Kier molecular flexibility index (Phi) is 5.50. The summed E-state index contributed by atoms with van der Waals surface area (Å²) in [6.07, 6.45) is 0.647. The van der Waals surface area contributed by atoms with Crippen molar-refractivity contribution in [2.24, 2.45) is 0 Å². The Morgan fingerprint density at radius 2 is 2.04 bits per heavy atom. The van der Waals surface area contributed by atoms with Crippen molar-refractivity contribution in [3.05, 3.63) is 33.1 Å². The summed E-state index contributed by atoms with van der Waals surface area (Å²) in [7, 11) is 3.00. The van der Waals surface area contributed by atoms with Crippen molar-refractivity contribution < 1.29 is 19.1 Å². The highest BCUT2D eigenvalue weighted by Gasteiger charge is 2.40. The molecular formula is C17H15BrN2O4S2. The van der Waals surface area contributed by atoms with Gasteiger partial charge in [0.1, 0.15) is 4.32 Å². The van der Waals surface area contributed by atoms with Gasteiger partial charge in [0.25, 0.3) is 11.8 Å². The molecule has 0 N–H and O–H groups in total.